The molecular weight excluding hydrogens is 222 g/mol. The Kier molecular flexibility index (Phi) is 3.17. The smallest absolute Gasteiger partial charge is 0.280 e. The molecule has 0 heterocycles. The Bertz CT molecular complexity index is 460. The summed E-state index contributed by atoms with van der Waals surface area (Å²) in [5, 5.41) is 10.6. The van der Waals surface area contributed by atoms with Gasteiger partial charge in [-0.1, -0.05) is 0 Å². The van der Waals surface area contributed by atoms with E-state index in [4.69, 9.17) is 5.73 Å². The number of nitrogens with two attached hydrogens (primary N) is 1. The van der Waals surface area contributed by atoms with Gasteiger partial charge in [-0.2, -0.15) is 0 Å². The minimum Gasteiger partial charge on any atom is -0.398 e. The molecule has 7 heteroatoms. The number of rotatable bonds is 3. The number of nitrogens with zero attached hydrogens (tertiary/aromatic N) is 1. The van der Waals surface area contributed by atoms with Crippen molar-refractivity contribution in [3.8, 4) is 0 Å². The topological polar surface area (TPSA) is 86.2 Å². The highest BCUT2D eigenvalue weighted by Gasteiger charge is 2.27. The summed E-state index contributed by atoms with van der Waals surface area (Å²) in [5.41, 5.74) is 2.89. The monoisotopic (exact) mass is 230 g/mol. The van der Waals surface area contributed by atoms with Gasteiger partial charge in [0.1, 0.15) is 5.56 Å². The Morgan fingerprint density at radius 1 is 1.50 bits per heavy atom. The lowest BCUT2D eigenvalue weighted by molar-refractivity contribution is -0.385. The van der Waals surface area contributed by atoms with Gasteiger partial charge in [0.15, 0.2) is 5.78 Å². The van der Waals surface area contributed by atoms with Crippen molar-refractivity contribution in [3.63, 3.8) is 0 Å². The van der Waals surface area contributed by atoms with Gasteiger partial charge in [0.2, 0.25) is 0 Å². The maximum atomic E-state index is 12.6. The largest absolute Gasteiger partial charge is 0.398 e. The third-order valence-corrected chi connectivity index (χ3v) is 2.02. The molecule has 1 rings (SSSR count). The van der Waals surface area contributed by atoms with E-state index in [9.17, 15) is 23.7 Å². The molecule has 0 aliphatic heterocycles. The molecule has 0 saturated heterocycles. The van der Waals surface area contributed by atoms with Gasteiger partial charge in [-0.05, 0) is 13.0 Å². The first kappa shape index (κ1) is 12.0. The Labute approximate surface area is 89.0 Å². The standard InChI is InChI=1S/C9H8F2N2O3/c1-4(14)7-6(13(15)16)3-2-5(12)8(7)9(10)11/h2-3,9H,12H2,1H3. The van der Waals surface area contributed by atoms with Crippen molar-refractivity contribution < 1.29 is 18.5 Å². The molecule has 0 saturated carbocycles. The number of carbonyl (C=O) groups is 1. The van der Waals surface area contributed by atoms with Crippen LogP contribution in [0.4, 0.5) is 20.2 Å². The molecule has 16 heavy (non-hydrogen) atoms. The molecule has 0 aliphatic carbocycles. The lowest BCUT2D eigenvalue weighted by atomic mass is 10.0. The number of benzene rings is 1. The van der Waals surface area contributed by atoms with Crippen molar-refractivity contribution in [2.45, 2.75) is 13.3 Å². The van der Waals surface area contributed by atoms with Gasteiger partial charge in [-0.15, -0.1) is 0 Å². The number of anilines is 1. The van der Waals surface area contributed by atoms with Crippen LogP contribution < -0.4 is 5.73 Å². The minimum absolute atomic E-state index is 0.328. The zero-order chi connectivity index (χ0) is 12.5. The van der Waals surface area contributed by atoms with E-state index in [0.717, 1.165) is 19.1 Å². The lowest BCUT2D eigenvalue weighted by Gasteiger charge is -2.09. The molecule has 1 aromatic rings. The van der Waals surface area contributed by atoms with Gasteiger partial charge in [0.05, 0.1) is 10.5 Å². The van der Waals surface area contributed by atoms with E-state index in [2.05, 4.69) is 0 Å². The number of alkyl halides is 2. The summed E-state index contributed by atoms with van der Waals surface area (Å²) in [6.45, 7) is 0.980. The van der Waals surface area contributed by atoms with E-state index >= 15 is 0 Å². The molecule has 0 radical (unpaired) electrons. The van der Waals surface area contributed by atoms with Gasteiger partial charge in [-0.25, -0.2) is 8.78 Å². The van der Waals surface area contributed by atoms with Crippen LogP contribution in [0.1, 0.15) is 29.3 Å². The van der Waals surface area contributed by atoms with Crippen molar-refractivity contribution >= 4 is 17.2 Å². The average Bonchev–Trinajstić information content (AvgIpc) is 2.15. The summed E-state index contributed by atoms with van der Waals surface area (Å²) in [6, 6.07) is 1.93. The number of nitro groups is 1. The molecule has 1 aromatic carbocycles. The van der Waals surface area contributed by atoms with E-state index in [1.54, 1.807) is 0 Å². The molecule has 0 atom stereocenters. The van der Waals surface area contributed by atoms with Crippen LogP contribution in [-0.2, 0) is 0 Å². The summed E-state index contributed by atoms with van der Waals surface area (Å²) in [7, 11) is 0. The number of hydrogen-bond donors (Lipinski definition) is 1. The maximum absolute atomic E-state index is 12.6. The number of nitro benzene ring substituents is 1. The second-order valence-electron chi connectivity index (χ2n) is 3.08. The second kappa shape index (κ2) is 4.21. The number of carbonyl (C=O) groups excluding carboxylic acids is 1. The summed E-state index contributed by atoms with van der Waals surface area (Å²) in [5.74, 6) is -0.811. The highest BCUT2D eigenvalue weighted by molar-refractivity contribution is 6.01. The Balaban J connectivity index is 3.63. The first-order valence-electron chi connectivity index (χ1n) is 4.22. The highest BCUT2D eigenvalue weighted by Crippen LogP contribution is 2.34. The zero-order valence-electron chi connectivity index (χ0n) is 8.24. The van der Waals surface area contributed by atoms with Crippen LogP contribution >= 0.6 is 0 Å². The third kappa shape index (κ3) is 1.97. The zero-order valence-corrected chi connectivity index (χ0v) is 8.24. The van der Waals surface area contributed by atoms with Crippen LogP contribution in [0.2, 0.25) is 0 Å². The molecule has 0 amide bonds. The van der Waals surface area contributed by atoms with E-state index in [0.29, 0.717) is 0 Å². The summed E-state index contributed by atoms with van der Waals surface area (Å²) in [6.07, 6.45) is -3.03. The van der Waals surface area contributed by atoms with Crippen molar-refractivity contribution in [1.82, 2.24) is 0 Å². The van der Waals surface area contributed by atoms with Crippen LogP contribution in [0, 0.1) is 10.1 Å². The molecule has 0 spiro atoms. The van der Waals surface area contributed by atoms with Gasteiger partial charge in [-0.3, -0.25) is 14.9 Å². The molecule has 5 nitrogen and oxygen atoms in total. The molecule has 0 aromatic heterocycles. The Morgan fingerprint density at radius 2 is 2.06 bits per heavy atom. The van der Waals surface area contributed by atoms with Gasteiger partial charge in [0, 0.05) is 11.8 Å². The average molecular weight is 230 g/mol. The van der Waals surface area contributed by atoms with Crippen LogP contribution in [0.25, 0.3) is 0 Å². The Hall–Kier alpha value is -2.05. The quantitative estimate of drug-likeness (QED) is 0.373. The van der Waals surface area contributed by atoms with Gasteiger partial charge < -0.3 is 5.73 Å². The maximum Gasteiger partial charge on any atom is 0.280 e. The predicted octanol–water partition coefficient (Wildman–Crippen LogP) is 2.32. The summed E-state index contributed by atoms with van der Waals surface area (Å²) >= 11 is 0. The summed E-state index contributed by atoms with van der Waals surface area (Å²) < 4.78 is 25.3. The molecule has 86 valence electrons. The van der Waals surface area contributed by atoms with Crippen molar-refractivity contribution in [2.75, 3.05) is 5.73 Å². The van der Waals surface area contributed by atoms with E-state index in [1.165, 1.54) is 0 Å². The fourth-order valence-corrected chi connectivity index (χ4v) is 1.38. The van der Waals surface area contributed by atoms with Crippen LogP contribution in [0.15, 0.2) is 12.1 Å². The third-order valence-electron chi connectivity index (χ3n) is 2.02. The fraction of sp³-hybridized carbons (Fsp3) is 0.222. The van der Waals surface area contributed by atoms with E-state index in [-0.39, 0.29) is 5.69 Å². The normalized spacial score (nSPS) is 10.5. The molecule has 0 unspecified atom stereocenters. The first-order chi connectivity index (χ1) is 7.36. The first-order valence-corrected chi connectivity index (χ1v) is 4.22. The second-order valence-corrected chi connectivity index (χ2v) is 3.08. The minimum atomic E-state index is -3.03. The van der Waals surface area contributed by atoms with Crippen LogP contribution in [0.3, 0.4) is 0 Å². The van der Waals surface area contributed by atoms with Crippen molar-refractivity contribution in [1.29, 1.82) is 0 Å². The fourth-order valence-electron chi connectivity index (χ4n) is 1.38. The number of nitrogen functional groups attached to an aromatic ring is 1. The van der Waals surface area contributed by atoms with Gasteiger partial charge >= 0.3 is 0 Å². The predicted molar refractivity (Wildman–Crippen MR) is 52.5 cm³/mol. The van der Waals surface area contributed by atoms with Gasteiger partial charge in [0.25, 0.3) is 12.1 Å². The number of ketones is 1. The number of hydrogen-bond acceptors (Lipinski definition) is 4. The molecule has 2 N–H and O–H groups in total. The summed E-state index contributed by atoms with van der Waals surface area (Å²) in [4.78, 5) is 20.8. The van der Waals surface area contributed by atoms with E-state index in [1.807, 2.05) is 0 Å². The van der Waals surface area contributed by atoms with Crippen LogP contribution in [-0.4, -0.2) is 10.7 Å². The van der Waals surface area contributed by atoms with Crippen molar-refractivity contribution in [3.05, 3.63) is 33.4 Å². The van der Waals surface area contributed by atoms with E-state index < -0.39 is 33.9 Å². The molecule has 0 aliphatic rings. The molecule has 0 bridgehead atoms. The lowest BCUT2D eigenvalue weighted by Crippen LogP contribution is -2.08. The highest BCUT2D eigenvalue weighted by atomic mass is 19.3. The molecular formula is C9H8F2N2O3. The SMILES string of the molecule is CC(=O)c1c([N+](=O)[O-])ccc(N)c1C(F)F. The Morgan fingerprint density at radius 3 is 2.44 bits per heavy atom. The number of Topliss-reactive ketones (excluding diaryl/α,β-unsaturated/α-hetero) is 1. The molecule has 0 fully saturated rings. The van der Waals surface area contributed by atoms with Crippen molar-refractivity contribution in [2.24, 2.45) is 0 Å². The van der Waals surface area contributed by atoms with Crippen LogP contribution in [0.5, 0.6) is 0 Å². The number of halogens is 2.